The molecule has 1 aliphatic heterocycles. The lowest BCUT2D eigenvalue weighted by Gasteiger charge is -2.40. The van der Waals surface area contributed by atoms with Crippen molar-refractivity contribution < 1.29 is 0 Å². The van der Waals surface area contributed by atoms with Gasteiger partial charge in [0.1, 0.15) is 5.82 Å². The standard InChI is InChI=1S/C19H23N5/c1-15-10-21-19(17-5-7-20-8-6-17)24(15)13-16-11-23(12-16)14-18-4-3-9-22(18)2/h3-10,16H,11-14H2,1-2H3. The van der Waals surface area contributed by atoms with Crippen molar-refractivity contribution in [3.05, 3.63) is 60.4 Å². The minimum absolute atomic E-state index is 0.693. The highest BCUT2D eigenvalue weighted by Gasteiger charge is 2.28. The van der Waals surface area contributed by atoms with Gasteiger partial charge in [0.2, 0.25) is 0 Å². The van der Waals surface area contributed by atoms with E-state index in [2.05, 4.69) is 56.3 Å². The normalized spacial score (nSPS) is 15.6. The summed E-state index contributed by atoms with van der Waals surface area (Å²) in [4.78, 5) is 11.2. The van der Waals surface area contributed by atoms with Crippen LogP contribution in [0.3, 0.4) is 0 Å². The maximum absolute atomic E-state index is 4.61. The van der Waals surface area contributed by atoms with Crippen molar-refractivity contribution in [3.8, 4) is 11.4 Å². The first-order chi connectivity index (χ1) is 11.7. The van der Waals surface area contributed by atoms with E-state index < -0.39 is 0 Å². The average molecular weight is 321 g/mol. The summed E-state index contributed by atoms with van der Waals surface area (Å²) >= 11 is 0. The fourth-order valence-corrected chi connectivity index (χ4v) is 3.49. The van der Waals surface area contributed by atoms with Gasteiger partial charge in [-0.1, -0.05) is 0 Å². The largest absolute Gasteiger partial charge is 0.353 e. The molecule has 0 atom stereocenters. The van der Waals surface area contributed by atoms with Crippen molar-refractivity contribution in [2.75, 3.05) is 13.1 Å². The molecule has 0 N–H and O–H groups in total. The molecule has 3 aromatic heterocycles. The van der Waals surface area contributed by atoms with Crippen LogP contribution >= 0.6 is 0 Å². The topological polar surface area (TPSA) is 38.9 Å². The molecule has 0 aliphatic carbocycles. The van der Waals surface area contributed by atoms with Gasteiger partial charge in [-0.25, -0.2) is 4.98 Å². The predicted octanol–water partition coefficient (Wildman–Crippen LogP) is 2.72. The van der Waals surface area contributed by atoms with E-state index in [0.29, 0.717) is 5.92 Å². The molecule has 0 amide bonds. The zero-order chi connectivity index (χ0) is 16.5. The lowest BCUT2D eigenvalue weighted by molar-refractivity contribution is 0.0781. The molecule has 3 aromatic rings. The Labute approximate surface area is 142 Å². The van der Waals surface area contributed by atoms with Crippen molar-refractivity contribution >= 4 is 0 Å². The molecule has 1 saturated heterocycles. The quantitative estimate of drug-likeness (QED) is 0.725. The number of aryl methyl sites for hydroxylation is 2. The minimum Gasteiger partial charge on any atom is -0.353 e. The van der Waals surface area contributed by atoms with Gasteiger partial charge in [-0.05, 0) is 31.2 Å². The third-order valence-corrected chi connectivity index (χ3v) is 4.90. The van der Waals surface area contributed by atoms with Crippen LogP contribution in [0.25, 0.3) is 11.4 Å². The van der Waals surface area contributed by atoms with Crippen LogP contribution < -0.4 is 0 Å². The molecule has 0 aromatic carbocycles. The number of imidazole rings is 1. The zero-order valence-corrected chi connectivity index (χ0v) is 14.3. The SMILES string of the molecule is Cc1cnc(-c2ccncc2)n1CC1CN(Cc2cccn2C)C1. The molecule has 0 unspecified atom stereocenters. The van der Waals surface area contributed by atoms with Gasteiger partial charge >= 0.3 is 0 Å². The number of hydrogen-bond donors (Lipinski definition) is 0. The van der Waals surface area contributed by atoms with Gasteiger partial charge in [-0.3, -0.25) is 9.88 Å². The molecule has 4 heterocycles. The molecule has 5 heteroatoms. The summed E-state index contributed by atoms with van der Waals surface area (Å²) in [7, 11) is 2.11. The van der Waals surface area contributed by atoms with Gasteiger partial charge in [0, 0.05) is 80.9 Å². The maximum atomic E-state index is 4.61. The summed E-state index contributed by atoms with van der Waals surface area (Å²) in [5.74, 6) is 1.74. The second kappa shape index (κ2) is 6.24. The van der Waals surface area contributed by atoms with E-state index in [0.717, 1.165) is 37.6 Å². The van der Waals surface area contributed by atoms with Gasteiger partial charge in [-0.15, -0.1) is 0 Å². The third-order valence-electron chi connectivity index (χ3n) is 4.90. The Kier molecular flexibility index (Phi) is 3.94. The Hall–Kier alpha value is -2.40. The van der Waals surface area contributed by atoms with Crippen LogP contribution in [0.15, 0.2) is 49.1 Å². The van der Waals surface area contributed by atoms with Gasteiger partial charge in [0.15, 0.2) is 0 Å². The summed E-state index contributed by atoms with van der Waals surface area (Å²) in [6, 6.07) is 8.37. The molecule has 1 fully saturated rings. The molecular formula is C19H23N5. The second-order valence-electron chi connectivity index (χ2n) is 6.74. The Balaban J connectivity index is 1.41. The van der Waals surface area contributed by atoms with E-state index in [4.69, 9.17) is 0 Å². The molecule has 5 nitrogen and oxygen atoms in total. The number of rotatable bonds is 5. The fraction of sp³-hybridized carbons (Fsp3) is 0.368. The Morgan fingerprint density at radius 2 is 1.96 bits per heavy atom. The summed E-state index contributed by atoms with van der Waals surface area (Å²) in [6.45, 7) is 6.52. The molecule has 0 spiro atoms. The first-order valence-corrected chi connectivity index (χ1v) is 8.46. The Bertz CT molecular complexity index is 811. The summed E-state index contributed by atoms with van der Waals surface area (Å²) in [6.07, 6.45) is 7.74. The van der Waals surface area contributed by atoms with Crippen LogP contribution in [0, 0.1) is 12.8 Å². The Morgan fingerprint density at radius 1 is 1.17 bits per heavy atom. The van der Waals surface area contributed by atoms with Gasteiger partial charge < -0.3 is 9.13 Å². The molecule has 124 valence electrons. The molecule has 0 radical (unpaired) electrons. The number of nitrogens with zero attached hydrogens (tertiary/aromatic N) is 5. The summed E-state index contributed by atoms with van der Waals surface area (Å²) in [5.41, 5.74) is 3.74. The molecule has 4 rings (SSSR count). The molecule has 0 saturated carbocycles. The van der Waals surface area contributed by atoms with Crippen molar-refractivity contribution in [1.29, 1.82) is 0 Å². The van der Waals surface area contributed by atoms with E-state index >= 15 is 0 Å². The fourth-order valence-electron chi connectivity index (χ4n) is 3.49. The number of aromatic nitrogens is 4. The zero-order valence-electron chi connectivity index (χ0n) is 14.3. The summed E-state index contributed by atoms with van der Waals surface area (Å²) < 4.78 is 4.55. The van der Waals surface area contributed by atoms with E-state index in [-0.39, 0.29) is 0 Å². The highest BCUT2D eigenvalue weighted by atomic mass is 15.2. The maximum Gasteiger partial charge on any atom is 0.140 e. The molecular weight excluding hydrogens is 298 g/mol. The second-order valence-corrected chi connectivity index (χ2v) is 6.74. The minimum atomic E-state index is 0.693. The number of hydrogen-bond acceptors (Lipinski definition) is 3. The van der Waals surface area contributed by atoms with Crippen molar-refractivity contribution in [1.82, 2.24) is 24.0 Å². The van der Waals surface area contributed by atoms with E-state index in [9.17, 15) is 0 Å². The van der Waals surface area contributed by atoms with E-state index in [1.807, 2.05) is 30.7 Å². The van der Waals surface area contributed by atoms with Crippen LogP contribution in [0.5, 0.6) is 0 Å². The smallest absolute Gasteiger partial charge is 0.140 e. The van der Waals surface area contributed by atoms with E-state index in [1.54, 1.807) is 0 Å². The average Bonchev–Trinajstić information content (AvgIpc) is 3.13. The first kappa shape index (κ1) is 15.1. The van der Waals surface area contributed by atoms with E-state index in [1.165, 1.54) is 11.4 Å². The number of likely N-dealkylation sites (tertiary alicyclic amines) is 1. The molecule has 0 bridgehead atoms. The van der Waals surface area contributed by atoms with Crippen LogP contribution in [0.2, 0.25) is 0 Å². The van der Waals surface area contributed by atoms with Gasteiger partial charge in [-0.2, -0.15) is 0 Å². The van der Waals surface area contributed by atoms with Crippen LogP contribution in [0.4, 0.5) is 0 Å². The van der Waals surface area contributed by atoms with Crippen LogP contribution in [-0.2, 0) is 20.1 Å². The van der Waals surface area contributed by atoms with Crippen molar-refractivity contribution in [2.24, 2.45) is 13.0 Å². The highest BCUT2D eigenvalue weighted by molar-refractivity contribution is 5.55. The van der Waals surface area contributed by atoms with Gasteiger partial charge in [0.05, 0.1) is 0 Å². The third kappa shape index (κ3) is 2.87. The summed E-state index contributed by atoms with van der Waals surface area (Å²) in [5, 5.41) is 0. The molecule has 24 heavy (non-hydrogen) atoms. The molecule has 1 aliphatic rings. The Morgan fingerprint density at radius 3 is 2.67 bits per heavy atom. The lowest BCUT2D eigenvalue weighted by atomic mass is 9.99. The number of pyridine rings is 1. The van der Waals surface area contributed by atoms with Crippen molar-refractivity contribution in [3.63, 3.8) is 0 Å². The lowest BCUT2D eigenvalue weighted by Crippen LogP contribution is -2.48. The van der Waals surface area contributed by atoms with Crippen LogP contribution in [0.1, 0.15) is 11.4 Å². The monoisotopic (exact) mass is 321 g/mol. The first-order valence-electron chi connectivity index (χ1n) is 8.46. The highest BCUT2D eigenvalue weighted by Crippen LogP contribution is 2.25. The van der Waals surface area contributed by atoms with Crippen molar-refractivity contribution in [2.45, 2.75) is 20.0 Å². The predicted molar refractivity (Wildman–Crippen MR) is 94.4 cm³/mol. The van der Waals surface area contributed by atoms with Gasteiger partial charge in [0.25, 0.3) is 0 Å². The van der Waals surface area contributed by atoms with Crippen LogP contribution in [-0.4, -0.2) is 37.1 Å².